The lowest BCUT2D eigenvalue weighted by Crippen LogP contribution is -2.53. The number of methoxy groups -OCH3 is 1. The van der Waals surface area contributed by atoms with Gasteiger partial charge in [0.15, 0.2) is 0 Å². The number of carbonyl (C=O) groups is 2. The topological polar surface area (TPSA) is 86.1 Å². The zero-order valence-corrected chi connectivity index (χ0v) is 30.2. The summed E-state index contributed by atoms with van der Waals surface area (Å²) in [5, 5.41) is 4.88. The van der Waals surface area contributed by atoms with Gasteiger partial charge in [0.1, 0.15) is 23.2 Å². The number of rotatable bonds is 7. The van der Waals surface area contributed by atoms with Crippen LogP contribution in [0.4, 0.5) is 10.5 Å². The number of ether oxygens (including phenoxy) is 3. The Morgan fingerprint density at radius 1 is 0.960 bits per heavy atom. The van der Waals surface area contributed by atoms with Crippen molar-refractivity contribution >= 4 is 17.7 Å². The number of fused-ring (bicyclic) bond motifs is 2. The molecule has 262 valence electrons. The van der Waals surface area contributed by atoms with Crippen LogP contribution < -0.4 is 14.4 Å². The fourth-order valence-electron chi connectivity index (χ4n) is 7.98. The standard InChI is InChI=1S/C41H48N4O5/c1-26-20-35(45(42-26)31-12-9-8-10-13-31)30-23-34-37(43(38(46)41(34)18-11-19-41)25-29-14-16-32(48-7)17-15-29)36(24-30)49-33-21-27(2)44(28(3)22-33)39(47)50-40(4,5)6/h8-10,12-17,20,23-24,27-28,33H,11,18-19,21-22,25H2,1-7H3. The fourth-order valence-corrected chi connectivity index (χ4v) is 7.98. The molecule has 9 nitrogen and oxygen atoms in total. The van der Waals surface area contributed by atoms with E-state index in [2.05, 4.69) is 44.2 Å². The van der Waals surface area contributed by atoms with Crippen molar-refractivity contribution in [3.63, 3.8) is 0 Å². The molecule has 0 N–H and O–H groups in total. The molecule has 1 spiro atoms. The molecule has 2 aliphatic heterocycles. The summed E-state index contributed by atoms with van der Waals surface area (Å²) >= 11 is 0. The Kier molecular flexibility index (Phi) is 8.65. The van der Waals surface area contributed by atoms with E-state index < -0.39 is 11.0 Å². The van der Waals surface area contributed by atoms with Gasteiger partial charge in [-0.05, 0) is 108 Å². The number of anilines is 1. The lowest BCUT2D eigenvalue weighted by atomic mass is 9.65. The SMILES string of the molecule is COc1ccc(CN2C(=O)C3(CCC3)c3cc(-c4cc(C)nn4-c4ccccc4)cc(OC4CC(C)N(C(=O)OC(C)(C)C)C(C)C4)c32)cc1. The molecule has 1 aliphatic carbocycles. The number of carbonyl (C=O) groups excluding carboxylic acids is 2. The average Bonchev–Trinajstić information content (AvgIpc) is 3.55. The van der Waals surface area contributed by atoms with Crippen LogP contribution in [0.2, 0.25) is 0 Å². The summed E-state index contributed by atoms with van der Waals surface area (Å²) in [6.07, 6.45) is 3.42. The first-order chi connectivity index (χ1) is 23.9. The highest BCUT2D eigenvalue weighted by Gasteiger charge is 2.56. The maximum Gasteiger partial charge on any atom is 0.410 e. The number of hydrogen-bond acceptors (Lipinski definition) is 6. The van der Waals surface area contributed by atoms with Gasteiger partial charge in [-0.1, -0.05) is 36.8 Å². The number of likely N-dealkylation sites (tertiary alicyclic amines) is 1. The van der Waals surface area contributed by atoms with Crippen molar-refractivity contribution in [2.45, 2.75) is 109 Å². The van der Waals surface area contributed by atoms with Gasteiger partial charge in [0.25, 0.3) is 0 Å². The van der Waals surface area contributed by atoms with E-state index >= 15 is 0 Å². The molecule has 3 aliphatic rings. The predicted octanol–water partition coefficient (Wildman–Crippen LogP) is 8.38. The van der Waals surface area contributed by atoms with Crippen LogP contribution in [0.15, 0.2) is 72.8 Å². The van der Waals surface area contributed by atoms with Crippen LogP contribution in [-0.2, 0) is 21.5 Å². The van der Waals surface area contributed by atoms with Crippen molar-refractivity contribution in [3.05, 3.63) is 89.6 Å². The Labute approximate surface area is 295 Å². The summed E-state index contributed by atoms with van der Waals surface area (Å²) in [5.41, 5.74) is 5.51. The molecule has 3 aromatic carbocycles. The van der Waals surface area contributed by atoms with Crippen molar-refractivity contribution in [1.29, 1.82) is 0 Å². The van der Waals surface area contributed by atoms with E-state index in [0.717, 1.165) is 64.5 Å². The third-order valence-electron chi connectivity index (χ3n) is 10.4. The molecule has 7 rings (SSSR count). The monoisotopic (exact) mass is 676 g/mol. The van der Waals surface area contributed by atoms with Gasteiger partial charge >= 0.3 is 6.09 Å². The molecule has 50 heavy (non-hydrogen) atoms. The summed E-state index contributed by atoms with van der Waals surface area (Å²) in [4.78, 5) is 31.6. The quantitative estimate of drug-likeness (QED) is 0.196. The van der Waals surface area contributed by atoms with Crippen LogP contribution in [0.25, 0.3) is 16.9 Å². The van der Waals surface area contributed by atoms with Gasteiger partial charge < -0.3 is 24.0 Å². The number of hydrogen-bond donors (Lipinski definition) is 0. The van der Waals surface area contributed by atoms with Crippen LogP contribution in [0, 0.1) is 6.92 Å². The molecule has 1 aromatic heterocycles. The zero-order chi connectivity index (χ0) is 35.4. The van der Waals surface area contributed by atoms with E-state index in [1.807, 2.05) is 84.6 Å². The second-order valence-corrected chi connectivity index (χ2v) is 15.3. The molecule has 9 heteroatoms. The molecule has 2 amide bonds. The summed E-state index contributed by atoms with van der Waals surface area (Å²) in [6.45, 7) is 12.2. The predicted molar refractivity (Wildman–Crippen MR) is 194 cm³/mol. The molecule has 3 heterocycles. The van der Waals surface area contributed by atoms with Gasteiger partial charge in [0.05, 0.1) is 41.8 Å². The summed E-state index contributed by atoms with van der Waals surface area (Å²) in [6, 6.07) is 24.3. The lowest BCUT2D eigenvalue weighted by Gasteiger charge is -2.42. The van der Waals surface area contributed by atoms with Gasteiger partial charge in [-0.25, -0.2) is 9.48 Å². The number of piperidine rings is 1. The second kappa shape index (κ2) is 12.8. The third-order valence-corrected chi connectivity index (χ3v) is 10.4. The number of benzene rings is 3. The normalized spacial score (nSPS) is 21.2. The van der Waals surface area contributed by atoms with Crippen molar-refractivity contribution in [1.82, 2.24) is 14.7 Å². The first-order valence-corrected chi connectivity index (χ1v) is 17.8. The lowest BCUT2D eigenvalue weighted by molar-refractivity contribution is -0.126. The van der Waals surface area contributed by atoms with Gasteiger partial charge in [0, 0.05) is 30.5 Å². The molecular formula is C41H48N4O5. The van der Waals surface area contributed by atoms with Gasteiger partial charge in [-0.2, -0.15) is 5.10 Å². The molecule has 0 radical (unpaired) electrons. The van der Waals surface area contributed by atoms with Gasteiger partial charge in [-0.15, -0.1) is 0 Å². The Bertz CT molecular complexity index is 1880. The van der Waals surface area contributed by atoms with Crippen LogP contribution in [0.5, 0.6) is 11.5 Å². The van der Waals surface area contributed by atoms with Gasteiger partial charge in [0.2, 0.25) is 5.91 Å². The summed E-state index contributed by atoms with van der Waals surface area (Å²) < 4.78 is 20.2. The van der Waals surface area contributed by atoms with E-state index in [-0.39, 0.29) is 30.2 Å². The molecule has 0 bridgehead atoms. The first kappa shape index (κ1) is 33.7. The summed E-state index contributed by atoms with van der Waals surface area (Å²) in [5.74, 6) is 1.60. The second-order valence-electron chi connectivity index (χ2n) is 15.3. The first-order valence-electron chi connectivity index (χ1n) is 17.8. The summed E-state index contributed by atoms with van der Waals surface area (Å²) in [7, 11) is 1.65. The number of aromatic nitrogens is 2. The number of nitrogens with zero attached hydrogens (tertiary/aromatic N) is 4. The Hall–Kier alpha value is -4.79. The van der Waals surface area contributed by atoms with Crippen molar-refractivity contribution < 1.29 is 23.8 Å². The highest BCUT2D eigenvalue weighted by molar-refractivity contribution is 6.10. The molecule has 2 unspecified atom stereocenters. The molecule has 1 saturated carbocycles. The Morgan fingerprint density at radius 3 is 2.24 bits per heavy atom. The maximum atomic E-state index is 14.6. The van der Waals surface area contributed by atoms with Crippen LogP contribution in [-0.4, -0.2) is 57.6 Å². The maximum absolute atomic E-state index is 14.6. The molecular weight excluding hydrogens is 628 g/mol. The van der Waals surface area contributed by atoms with E-state index in [4.69, 9.17) is 19.3 Å². The zero-order valence-electron chi connectivity index (χ0n) is 30.2. The number of amides is 2. The number of aryl methyl sites for hydroxylation is 1. The molecule has 1 saturated heterocycles. The highest BCUT2D eigenvalue weighted by atomic mass is 16.6. The molecule has 2 atom stereocenters. The Morgan fingerprint density at radius 2 is 1.64 bits per heavy atom. The number of para-hydroxylation sites is 1. The fraction of sp³-hybridized carbons (Fsp3) is 0.439. The van der Waals surface area contributed by atoms with Crippen LogP contribution >= 0.6 is 0 Å². The van der Waals surface area contributed by atoms with Crippen LogP contribution in [0.1, 0.15) is 83.5 Å². The van der Waals surface area contributed by atoms with E-state index in [9.17, 15) is 9.59 Å². The van der Waals surface area contributed by atoms with Gasteiger partial charge in [-0.3, -0.25) is 4.79 Å². The smallest absolute Gasteiger partial charge is 0.410 e. The Balaban J connectivity index is 1.31. The molecule has 2 fully saturated rings. The van der Waals surface area contributed by atoms with E-state index in [0.29, 0.717) is 25.1 Å². The average molecular weight is 677 g/mol. The third kappa shape index (κ3) is 6.11. The minimum absolute atomic E-state index is 0.0907. The van der Waals surface area contributed by atoms with Crippen molar-refractivity contribution in [2.75, 3.05) is 12.0 Å². The largest absolute Gasteiger partial charge is 0.497 e. The van der Waals surface area contributed by atoms with Crippen molar-refractivity contribution in [2.24, 2.45) is 0 Å². The molecule has 4 aromatic rings. The van der Waals surface area contributed by atoms with E-state index in [1.54, 1.807) is 7.11 Å². The highest BCUT2D eigenvalue weighted by Crippen LogP contribution is 2.58. The van der Waals surface area contributed by atoms with Crippen molar-refractivity contribution in [3.8, 4) is 28.4 Å². The van der Waals surface area contributed by atoms with Crippen LogP contribution in [0.3, 0.4) is 0 Å². The van der Waals surface area contributed by atoms with E-state index in [1.165, 1.54) is 0 Å². The minimum atomic E-state index is -0.580. The minimum Gasteiger partial charge on any atom is -0.497 e.